The summed E-state index contributed by atoms with van der Waals surface area (Å²) in [6, 6.07) is 0.332. The molecule has 68 valence electrons. The fourth-order valence-corrected chi connectivity index (χ4v) is 2.02. The summed E-state index contributed by atoms with van der Waals surface area (Å²) in [6.45, 7) is 1.44. The van der Waals surface area contributed by atoms with Crippen LogP contribution in [0.25, 0.3) is 0 Å². The fraction of sp³-hybridized carbons (Fsp3) is 0.875. The summed E-state index contributed by atoms with van der Waals surface area (Å²) in [7, 11) is 0. The Morgan fingerprint density at radius 3 is 2.75 bits per heavy atom. The maximum Gasteiger partial charge on any atom is 0.220 e. The van der Waals surface area contributed by atoms with E-state index < -0.39 is 0 Å². The fourth-order valence-electron chi connectivity index (χ4n) is 2.02. The van der Waals surface area contributed by atoms with Crippen LogP contribution < -0.4 is 10.6 Å². The molecule has 0 bridgehead atoms. The lowest BCUT2D eigenvalue weighted by atomic mass is 9.97. The van der Waals surface area contributed by atoms with E-state index in [1.165, 1.54) is 0 Å². The molecule has 2 aliphatic rings. The Morgan fingerprint density at radius 1 is 1.42 bits per heavy atom. The number of amides is 1. The predicted octanol–water partition coefficient (Wildman–Crippen LogP) is -1.15. The van der Waals surface area contributed by atoms with Crippen molar-refractivity contribution in [3.8, 4) is 0 Å². The quantitative estimate of drug-likeness (QED) is 0.465. The number of β-amino-alcohol motifs (C(OH)–C–C–N with tert-alkyl or cyclic N) is 1. The van der Waals surface area contributed by atoms with E-state index in [-0.39, 0.29) is 12.0 Å². The maximum atomic E-state index is 10.9. The van der Waals surface area contributed by atoms with Crippen molar-refractivity contribution in [3.63, 3.8) is 0 Å². The molecule has 0 unspecified atom stereocenters. The molecule has 2 heterocycles. The van der Waals surface area contributed by atoms with Crippen molar-refractivity contribution in [3.05, 3.63) is 0 Å². The summed E-state index contributed by atoms with van der Waals surface area (Å²) in [5, 5.41) is 15.3. The van der Waals surface area contributed by atoms with Gasteiger partial charge in [-0.2, -0.15) is 0 Å². The van der Waals surface area contributed by atoms with E-state index in [1.807, 2.05) is 0 Å². The van der Waals surface area contributed by atoms with Crippen molar-refractivity contribution in [2.24, 2.45) is 5.92 Å². The van der Waals surface area contributed by atoms with Crippen molar-refractivity contribution in [2.45, 2.75) is 25.0 Å². The molecular formula is C8H14N2O2. The highest BCUT2D eigenvalue weighted by molar-refractivity contribution is 5.78. The molecule has 0 aromatic rings. The molecule has 1 amide bonds. The molecule has 0 aromatic carbocycles. The number of aliphatic hydroxyl groups excluding tert-OH is 1. The zero-order valence-electron chi connectivity index (χ0n) is 6.92. The van der Waals surface area contributed by atoms with E-state index >= 15 is 0 Å². The zero-order chi connectivity index (χ0) is 8.55. The number of carbonyl (C=O) groups excluding carboxylic acids is 1. The van der Waals surface area contributed by atoms with Gasteiger partial charge in [0.25, 0.3) is 0 Å². The maximum absolute atomic E-state index is 10.9. The van der Waals surface area contributed by atoms with Crippen molar-refractivity contribution in [2.75, 3.05) is 13.1 Å². The van der Waals surface area contributed by atoms with Gasteiger partial charge in [-0.25, -0.2) is 0 Å². The van der Waals surface area contributed by atoms with Gasteiger partial charge in [0.1, 0.15) is 0 Å². The minimum absolute atomic E-state index is 0.142. The van der Waals surface area contributed by atoms with Crippen LogP contribution in [0.2, 0.25) is 0 Å². The third-order valence-corrected chi connectivity index (χ3v) is 2.72. The Hall–Kier alpha value is -0.610. The molecule has 0 saturated carbocycles. The second kappa shape index (κ2) is 3.03. The second-order valence-corrected chi connectivity index (χ2v) is 3.67. The minimum Gasteiger partial charge on any atom is -0.392 e. The van der Waals surface area contributed by atoms with Gasteiger partial charge >= 0.3 is 0 Å². The summed E-state index contributed by atoms with van der Waals surface area (Å²) in [5.74, 6) is 0.526. The van der Waals surface area contributed by atoms with E-state index in [0.29, 0.717) is 24.9 Å². The number of nitrogens with one attached hydrogen (secondary N) is 2. The van der Waals surface area contributed by atoms with Crippen LogP contribution in [0.1, 0.15) is 12.8 Å². The number of carbonyl (C=O) groups is 1. The molecule has 12 heavy (non-hydrogen) atoms. The molecule has 0 aromatic heterocycles. The van der Waals surface area contributed by atoms with Gasteiger partial charge in [0.05, 0.1) is 6.10 Å². The van der Waals surface area contributed by atoms with Crippen LogP contribution in [0.15, 0.2) is 0 Å². The first-order chi connectivity index (χ1) is 5.75. The summed E-state index contributed by atoms with van der Waals surface area (Å²) in [6.07, 6.45) is 1.19. The van der Waals surface area contributed by atoms with Gasteiger partial charge in [-0.05, 0) is 6.42 Å². The van der Waals surface area contributed by atoms with Gasteiger partial charge in [-0.3, -0.25) is 4.79 Å². The smallest absolute Gasteiger partial charge is 0.220 e. The van der Waals surface area contributed by atoms with E-state index in [9.17, 15) is 9.90 Å². The summed E-state index contributed by atoms with van der Waals surface area (Å²) >= 11 is 0. The lowest BCUT2D eigenvalue weighted by Gasteiger charge is -2.15. The highest BCUT2D eigenvalue weighted by Crippen LogP contribution is 2.20. The van der Waals surface area contributed by atoms with Crippen LogP contribution in [0, 0.1) is 5.92 Å². The molecular weight excluding hydrogens is 156 g/mol. The highest BCUT2D eigenvalue weighted by atomic mass is 16.3. The largest absolute Gasteiger partial charge is 0.392 e. The first-order valence-electron chi connectivity index (χ1n) is 4.44. The summed E-state index contributed by atoms with van der Waals surface area (Å²) < 4.78 is 0. The number of rotatable bonds is 1. The van der Waals surface area contributed by atoms with Crippen LogP contribution in [0.4, 0.5) is 0 Å². The summed E-state index contributed by atoms with van der Waals surface area (Å²) in [5.41, 5.74) is 0. The second-order valence-electron chi connectivity index (χ2n) is 3.67. The number of hydrogen-bond acceptors (Lipinski definition) is 3. The van der Waals surface area contributed by atoms with Crippen LogP contribution in [0.3, 0.4) is 0 Å². The third kappa shape index (κ3) is 1.44. The van der Waals surface area contributed by atoms with Gasteiger partial charge < -0.3 is 15.7 Å². The molecule has 2 fully saturated rings. The average molecular weight is 170 g/mol. The van der Waals surface area contributed by atoms with Gasteiger partial charge in [0.2, 0.25) is 5.91 Å². The predicted molar refractivity (Wildman–Crippen MR) is 43.5 cm³/mol. The topological polar surface area (TPSA) is 61.4 Å². The van der Waals surface area contributed by atoms with Gasteiger partial charge in [0.15, 0.2) is 0 Å². The molecule has 2 aliphatic heterocycles. The Balaban J connectivity index is 1.89. The third-order valence-electron chi connectivity index (χ3n) is 2.72. The van der Waals surface area contributed by atoms with E-state index in [2.05, 4.69) is 10.6 Å². The molecule has 0 spiro atoms. The lowest BCUT2D eigenvalue weighted by molar-refractivity contribution is -0.119. The van der Waals surface area contributed by atoms with Crippen molar-refractivity contribution >= 4 is 5.91 Å². The Bertz CT molecular complexity index is 195. The normalized spacial score (nSPS) is 41.8. The molecule has 2 rings (SSSR count). The average Bonchev–Trinajstić information content (AvgIpc) is 2.58. The van der Waals surface area contributed by atoms with E-state index in [1.54, 1.807) is 0 Å². The SMILES string of the molecule is O=C1C[C@H]([C@@H]2C[C@@H](O)CN2)CN1. The lowest BCUT2D eigenvalue weighted by Crippen LogP contribution is -2.31. The first-order valence-corrected chi connectivity index (χ1v) is 4.44. The first kappa shape index (κ1) is 8.01. The monoisotopic (exact) mass is 170 g/mol. The molecule has 4 nitrogen and oxygen atoms in total. The molecule has 0 aliphatic carbocycles. The Kier molecular flexibility index (Phi) is 2.02. The summed E-state index contributed by atoms with van der Waals surface area (Å²) in [4.78, 5) is 10.9. The van der Waals surface area contributed by atoms with Crippen LogP contribution in [0.5, 0.6) is 0 Å². The number of hydrogen-bond donors (Lipinski definition) is 3. The standard InChI is InChI=1S/C8H14N2O2/c11-6-2-7(9-4-6)5-1-8(12)10-3-5/h5-7,9,11H,1-4H2,(H,10,12)/t5-,6+,7-/m0/s1. The minimum atomic E-state index is -0.217. The van der Waals surface area contributed by atoms with Crippen molar-refractivity contribution in [1.29, 1.82) is 0 Å². The Labute approximate surface area is 71.3 Å². The van der Waals surface area contributed by atoms with Crippen molar-refractivity contribution < 1.29 is 9.90 Å². The van der Waals surface area contributed by atoms with E-state index in [4.69, 9.17) is 0 Å². The van der Waals surface area contributed by atoms with Gasteiger partial charge in [-0.15, -0.1) is 0 Å². The van der Waals surface area contributed by atoms with Crippen LogP contribution >= 0.6 is 0 Å². The van der Waals surface area contributed by atoms with Crippen LogP contribution in [-0.2, 0) is 4.79 Å². The van der Waals surface area contributed by atoms with Crippen molar-refractivity contribution in [1.82, 2.24) is 10.6 Å². The highest BCUT2D eigenvalue weighted by Gasteiger charge is 2.33. The Morgan fingerprint density at radius 2 is 2.25 bits per heavy atom. The molecule has 4 heteroatoms. The van der Waals surface area contributed by atoms with Gasteiger partial charge in [-0.1, -0.05) is 0 Å². The van der Waals surface area contributed by atoms with Gasteiger partial charge in [0, 0.05) is 31.5 Å². The molecule has 3 atom stereocenters. The number of aliphatic hydroxyl groups is 1. The molecule has 3 N–H and O–H groups in total. The molecule has 2 saturated heterocycles. The zero-order valence-corrected chi connectivity index (χ0v) is 6.92. The van der Waals surface area contributed by atoms with Crippen LogP contribution in [-0.4, -0.2) is 36.2 Å². The van der Waals surface area contributed by atoms with E-state index in [0.717, 1.165) is 13.0 Å². The molecule has 0 radical (unpaired) electrons.